The number of hydrogen-bond donors (Lipinski definition) is 2. The second-order valence-electron chi connectivity index (χ2n) is 5.31. The van der Waals surface area contributed by atoms with Gasteiger partial charge in [-0.3, -0.25) is 0 Å². The van der Waals surface area contributed by atoms with E-state index in [2.05, 4.69) is 41.9 Å². The third-order valence-corrected chi connectivity index (χ3v) is 4.68. The summed E-state index contributed by atoms with van der Waals surface area (Å²) in [5.74, 6) is 3.49. The van der Waals surface area contributed by atoms with E-state index >= 15 is 0 Å². The Kier molecular flexibility index (Phi) is 3.73. The van der Waals surface area contributed by atoms with Gasteiger partial charge < -0.3 is 15.5 Å². The molecule has 1 aliphatic carbocycles. The molecule has 2 aromatic rings. The van der Waals surface area contributed by atoms with Gasteiger partial charge in [0, 0.05) is 23.9 Å². The van der Waals surface area contributed by atoms with E-state index in [1.807, 2.05) is 0 Å². The Balaban J connectivity index is 1.63. The zero-order valence-corrected chi connectivity index (χ0v) is 12.0. The second-order valence-corrected chi connectivity index (χ2v) is 6.34. The lowest BCUT2D eigenvalue weighted by atomic mass is 10.2. The molecule has 2 heterocycles. The molecule has 0 aromatic carbocycles. The van der Waals surface area contributed by atoms with E-state index in [4.69, 9.17) is 10.2 Å². The highest BCUT2D eigenvalue weighted by atomic mass is 32.1. The molecule has 3 N–H and O–H groups in total. The minimum atomic E-state index is 0.102. The van der Waals surface area contributed by atoms with E-state index in [9.17, 15) is 0 Å². The van der Waals surface area contributed by atoms with Crippen LogP contribution in [0, 0.1) is 5.92 Å². The molecule has 3 atom stereocenters. The maximum Gasteiger partial charge on any atom is 0.122 e. The van der Waals surface area contributed by atoms with Gasteiger partial charge in [-0.25, -0.2) is 0 Å². The van der Waals surface area contributed by atoms with Crippen LogP contribution in [-0.2, 0) is 6.54 Å². The Morgan fingerprint density at radius 1 is 1.47 bits per heavy atom. The predicted molar refractivity (Wildman–Crippen MR) is 78.2 cm³/mol. The summed E-state index contributed by atoms with van der Waals surface area (Å²) in [5.41, 5.74) is 5.85. The van der Waals surface area contributed by atoms with Gasteiger partial charge in [-0.15, -0.1) is 11.3 Å². The van der Waals surface area contributed by atoms with Crippen molar-refractivity contribution < 1.29 is 4.42 Å². The zero-order chi connectivity index (χ0) is 13.2. The van der Waals surface area contributed by atoms with Crippen LogP contribution in [0.1, 0.15) is 41.7 Å². The van der Waals surface area contributed by atoms with Crippen LogP contribution in [0.2, 0.25) is 0 Å². The smallest absolute Gasteiger partial charge is 0.122 e. The molecule has 1 saturated carbocycles. The summed E-state index contributed by atoms with van der Waals surface area (Å²) < 4.78 is 5.96. The monoisotopic (exact) mass is 276 g/mol. The van der Waals surface area contributed by atoms with Crippen molar-refractivity contribution in [1.29, 1.82) is 0 Å². The molecule has 0 bridgehead atoms. The highest BCUT2D eigenvalue weighted by molar-refractivity contribution is 7.09. The minimum Gasteiger partial charge on any atom is -0.464 e. The van der Waals surface area contributed by atoms with Crippen LogP contribution >= 0.6 is 11.3 Å². The fourth-order valence-corrected chi connectivity index (χ4v) is 3.07. The first-order valence-electron chi connectivity index (χ1n) is 6.83. The van der Waals surface area contributed by atoms with Crippen LogP contribution in [0.4, 0.5) is 0 Å². The SMILES string of the molecule is CC1CC1c1ccc(C(CN)NCc2cccs2)o1. The van der Waals surface area contributed by atoms with Crippen molar-refractivity contribution in [1.82, 2.24) is 5.32 Å². The van der Waals surface area contributed by atoms with Crippen molar-refractivity contribution in [3.8, 4) is 0 Å². The van der Waals surface area contributed by atoms with Gasteiger partial charge in [-0.1, -0.05) is 13.0 Å². The summed E-state index contributed by atoms with van der Waals surface area (Å²) in [6, 6.07) is 8.48. The topological polar surface area (TPSA) is 51.2 Å². The molecule has 0 radical (unpaired) electrons. The Morgan fingerprint density at radius 3 is 2.95 bits per heavy atom. The van der Waals surface area contributed by atoms with Gasteiger partial charge in [0.25, 0.3) is 0 Å². The third kappa shape index (κ3) is 2.91. The molecule has 0 saturated heterocycles. The number of hydrogen-bond acceptors (Lipinski definition) is 4. The van der Waals surface area contributed by atoms with E-state index in [1.54, 1.807) is 11.3 Å². The van der Waals surface area contributed by atoms with Crippen LogP contribution < -0.4 is 11.1 Å². The first kappa shape index (κ1) is 12.9. The Morgan fingerprint density at radius 2 is 2.32 bits per heavy atom. The molecule has 1 aliphatic rings. The zero-order valence-electron chi connectivity index (χ0n) is 11.1. The molecule has 0 amide bonds. The number of thiophene rings is 1. The molecule has 102 valence electrons. The maximum atomic E-state index is 5.96. The molecule has 19 heavy (non-hydrogen) atoms. The van der Waals surface area contributed by atoms with E-state index in [0.717, 1.165) is 24.0 Å². The van der Waals surface area contributed by atoms with Gasteiger partial charge in [-0.2, -0.15) is 0 Å². The number of nitrogens with one attached hydrogen (secondary N) is 1. The average Bonchev–Trinajstić information content (AvgIpc) is 2.90. The lowest BCUT2D eigenvalue weighted by Gasteiger charge is -2.13. The van der Waals surface area contributed by atoms with Crippen molar-refractivity contribution in [2.24, 2.45) is 11.7 Å². The molecule has 3 nitrogen and oxygen atoms in total. The molecular weight excluding hydrogens is 256 g/mol. The van der Waals surface area contributed by atoms with Gasteiger partial charge >= 0.3 is 0 Å². The average molecular weight is 276 g/mol. The van der Waals surface area contributed by atoms with Gasteiger partial charge in [0.05, 0.1) is 6.04 Å². The maximum absolute atomic E-state index is 5.96. The minimum absolute atomic E-state index is 0.102. The first-order valence-corrected chi connectivity index (χ1v) is 7.71. The summed E-state index contributed by atoms with van der Waals surface area (Å²) in [5, 5.41) is 5.55. The van der Waals surface area contributed by atoms with Crippen molar-refractivity contribution in [3.05, 3.63) is 46.0 Å². The summed E-state index contributed by atoms with van der Waals surface area (Å²) >= 11 is 1.76. The third-order valence-electron chi connectivity index (χ3n) is 3.80. The highest BCUT2D eigenvalue weighted by Gasteiger charge is 2.36. The van der Waals surface area contributed by atoms with Gasteiger partial charge in [0.15, 0.2) is 0 Å². The van der Waals surface area contributed by atoms with Crippen molar-refractivity contribution >= 4 is 11.3 Å². The standard InChI is InChI=1S/C15H20N2OS/c1-10-7-12(10)14-4-5-15(18-14)13(8-16)17-9-11-3-2-6-19-11/h2-6,10,12-13,17H,7-9,16H2,1H3. The summed E-state index contributed by atoms with van der Waals surface area (Å²) in [4.78, 5) is 1.32. The van der Waals surface area contributed by atoms with E-state index in [1.165, 1.54) is 11.3 Å². The Bertz CT molecular complexity index is 520. The van der Waals surface area contributed by atoms with E-state index in [-0.39, 0.29) is 6.04 Å². The number of furan rings is 1. The van der Waals surface area contributed by atoms with Crippen LogP contribution in [0.15, 0.2) is 34.1 Å². The van der Waals surface area contributed by atoms with Gasteiger partial charge in [0.1, 0.15) is 11.5 Å². The van der Waals surface area contributed by atoms with Gasteiger partial charge in [0.2, 0.25) is 0 Å². The second kappa shape index (κ2) is 5.49. The van der Waals surface area contributed by atoms with Crippen LogP contribution in [0.3, 0.4) is 0 Å². The molecule has 2 aromatic heterocycles. The van der Waals surface area contributed by atoms with Crippen LogP contribution in [-0.4, -0.2) is 6.54 Å². The van der Waals surface area contributed by atoms with Crippen LogP contribution in [0.25, 0.3) is 0 Å². The highest BCUT2D eigenvalue weighted by Crippen LogP contribution is 2.47. The summed E-state index contributed by atoms with van der Waals surface area (Å²) in [6.07, 6.45) is 1.25. The number of rotatable bonds is 6. The molecular formula is C15H20N2OS. The lowest BCUT2D eigenvalue weighted by Crippen LogP contribution is -2.27. The van der Waals surface area contributed by atoms with E-state index in [0.29, 0.717) is 12.5 Å². The van der Waals surface area contributed by atoms with Crippen molar-refractivity contribution in [3.63, 3.8) is 0 Å². The fourth-order valence-electron chi connectivity index (χ4n) is 2.41. The largest absolute Gasteiger partial charge is 0.464 e. The summed E-state index contributed by atoms with van der Waals surface area (Å²) in [6.45, 7) is 3.66. The molecule has 1 fully saturated rings. The quantitative estimate of drug-likeness (QED) is 0.851. The molecule has 0 spiro atoms. The lowest BCUT2D eigenvalue weighted by molar-refractivity contribution is 0.394. The Hall–Kier alpha value is -1.10. The van der Waals surface area contributed by atoms with Crippen LogP contribution in [0.5, 0.6) is 0 Å². The number of nitrogens with two attached hydrogens (primary N) is 1. The summed E-state index contributed by atoms with van der Waals surface area (Å²) in [7, 11) is 0. The van der Waals surface area contributed by atoms with Crippen molar-refractivity contribution in [2.45, 2.75) is 31.8 Å². The molecule has 4 heteroatoms. The molecule has 3 rings (SSSR count). The molecule has 0 aliphatic heterocycles. The first-order chi connectivity index (χ1) is 9.28. The van der Waals surface area contributed by atoms with Crippen molar-refractivity contribution in [2.75, 3.05) is 6.54 Å². The molecule has 3 unspecified atom stereocenters. The predicted octanol–water partition coefficient (Wildman–Crippen LogP) is 3.25. The van der Waals surface area contributed by atoms with E-state index < -0.39 is 0 Å². The normalized spacial score (nSPS) is 23.5. The fraction of sp³-hybridized carbons (Fsp3) is 0.467. The van der Waals surface area contributed by atoms with Gasteiger partial charge in [-0.05, 0) is 35.9 Å². The Labute approximate surface area is 117 Å².